The number of rotatable bonds is 13. The van der Waals surface area contributed by atoms with Gasteiger partial charge in [-0.1, -0.05) is 69.4 Å². The smallest absolute Gasteiger partial charge is 0.305 e. The maximum Gasteiger partial charge on any atom is 0.305 e. The zero-order valence-electron chi connectivity index (χ0n) is 14.2. The number of hydrogen-bond acceptors (Lipinski definition) is 4. The molecule has 0 radical (unpaired) electrons. The number of carbonyl (C=O) groups excluding carboxylic acids is 1. The molecule has 0 aliphatic heterocycles. The zero-order chi connectivity index (χ0) is 16.8. The van der Waals surface area contributed by atoms with Crippen LogP contribution < -0.4 is 0 Å². The number of benzene rings is 1. The van der Waals surface area contributed by atoms with E-state index in [0.29, 0.717) is 13.0 Å². The third kappa shape index (κ3) is 10.9. The first-order valence-corrected chi connectivity index (χ1v) is 8.67. The fraction of sp³-hybridized carbons (Fsp3) is 0.632. The summed E-state index contributed by atoms with van der Waals surface area (Å²) in [6.45, 7) is 2.80. The molecular formula is C19H30O4. The number of aliphatic hydroxyl groups excluding tert-OH is 1. The van der Waals surface area contributed by atoms with E-state index in [-0.39, 0.29) is 19.2 Å². The summed E-state index contributed by atoms with van der Waals surface area (Å²) in [4.78, 5) is 11.6. The Hall–Kier alpha value is -1.39. The van der Waals surface area contributed by atoms with Gasteiger partial charge >= 0.3 is 5.97 Å². The van der Waals surface area contributed by atoms with Crippen LogP contribution in [0.15, 0.2) is 30.3 Å². The van der Waals surface area contributed by atoms with Crippen molar-refractivity contribution in [3.05, 3.63) is 35.9 Å². The molecule has 0 saturated heterocycles. The van der Waals surface area contributed by atoms with Crippen molar-refractivity contribution in [3.8, 4) is 0 Å². The molecule has 0 fully saturated rings. The van der Waals surface area contributed by atoms with Crippen molar-refractivity contribution in [1.82, 2.24) is 0 Å². The van der Waals surface area contributed by atoms with Crippen molar-refractivity contribution in [3.63, 3.8) is 0 Å². The minimum atomic E-state index is -0.771. The summed E-state index contributed by atoms with van der Waals surface area (Å²) in [6, 6.07) is 9.76. The second kappa shape index (κ2) is 13.1. The second-order valence-corrected chi connectivity index (χ2v) is 5.86. The first kappa shape index (κ1) is 19.7. The van der Waals surface area contributed by atoms with E-state index < -0.39 is 6.10 Å². The van der Waals surface area contributed by atoms with Gasteiger partial charge in [0.1, 0.15) is 12.7 Å². The third-order valence-corrected chi connectivity index (χ3v) is 3.59. The van der Waals surface area contributed by atoms with Crippen LogP contribution in [0.1, 0.15) is 57.4 Å². The molecular weight excluding hydrogens is 292 g/mol. The van der Waals surface area contributed by atoms with E-state index in [0.717, 1.165) is 18.4 Å². The van der Waals surface area contributed by atoms with Gasteiger partial charge in [-0.2, -0.15) is 0 Å². The van der Waals surface area contributed by atoms with Gasteiger partial charge in [0.05, 0.1) is 13.2 Å². The highest BCUT2D eigenvalue weighted by Crippen LogP contribution is 2.07. The summed E-state index contributed by atoms with van der Waals surface area (Å²) in [5.74, 6) is -0.234. The van der Waals surface area contributed by atoms with E-state index in [1.54, 1.807) is 0 Å². The molecule has 4 nitrogen and oxygen atoms in total. The fourth-order valence-corrected chi connectivity index (χ4v) is 2.25. The summed E-state index contributed by atoms with van der Waals surface area (Å²) >= 11 is 0. The van der Waals surface area contributed by atoms with E-state index in [4.69, 9.17) is 9.47 Å². The lowest BCUT2D eigenvalue weighted by molar-refractivity contribution is -0.148. The van der Waals surface area contributed by atoms with Crippen molar-refractivity contribution in [1.29, 1.82) is 0 Å². The van der Waals surface area contributed by atoms with Crippen LogP contribution in [0.3, 0.4) is 0 Å². The van der Waals surface area contributed by atoms with Crippen LogP contribution in [0, 0.1) is 0 Å². The standard InChI is InChI=1S/C19H30O4/c1-2-3-4-5-6-10-13-19(21)23-16-18(20)15-22-14-17-11-8-7-9-12-17/h7-9,11-12,18,20H,2-6,10,13-16H2,1H3. The first-order chi connectivity index (χ1) is 11.2. The molecule has 1 aromatic rings. The molecule has 0 bridgehead atoms. The van der Waals surface area contributed by atoms with Crippen molar-refractivity contribution in [2.45, 2.75) is 64.6 Å². The van der Waals surface area contributed by atoms with Gasteiger partial charge in [-0.25, -0.2) is 0 Å². The maximum atomic E-state index is 11.6. The highest BCUT2D eigenvalue weighted by molar-refractivity contribution is 5.69. The molecule has 1 unspecified atom stereocenters. The van der Waals surface area contributed by atoms with Crippen LogP contribution in [0.5, 0.6) is 0 Å². The van der Waals surface area contributed by atoms with Crippen LogP contribution >= 0.6 is 0 Å². The average molecular weight is 322 g/mol. The topological polar surface area (TPSA) is 55.8 Å². The minimum Gasteiger partial charge on any atom is -0.463 e. The molecule has 23 heavy (non-hydrogen) atoms. The lowest BCUT2D eigenvalue weighted by Gasteiger charge is -2.12. The molecule has 0 aliphatic rings. The number of unbranched alkanes of at least 4 members (excludes halogenated alkanes) is 5. The van der Waals surface area contributed by atoms with Gasteiger partial charge in [0.25, 0.3) is 0 Å². The van der Waals surface area contributed by atoms with Crippen molar-refractivity contribution >= 4 is 5.97 Å². The second-order valence-electron chi connectivity index (χ2n) is 5.86. The molecule has 0 aliphatic carbocycles. The average Bonchev–Trinajstić information content (AvgIpc) is 2.57. The lowest BCUT2D eigenvalue weighted by atomic mass is 10.1. The quantitative estimate of drug-likeness (QED) is 0.442. The van der Waals surface area contributed by atoms with Crippen LogP contribution in [0.25, 0.3) is 0 Å². The van der Waals surface area contributed by atoms with E-state index >= 15 is 0 Å². The number of aliphatic hydroxyl groups is 1. The highest BCUT2D eigenvalue weighted by Gasteiger charge is 2.09. The highest BCUT2D eigenvalue weighted by atomic mass is 16.5. The van der Waals surface area contributed by atoms with E-state index in [9.17, 15) is 9.90 Å². The summed E-state index contributed by atoms with van der Waals surface area (Å²) in [5, 5.41) is 9.74. The zero-order valence-corrected chi connectivity index (χ0v) is 14.2. The van der Waals surface area contributed by atoms with E-state index in [1.165, 1.54) is 25.7 Å². The van der Waals surface area contributed by atoms with Crippen molar-refractivity contribution in [2.24, 2.45) is 0 Å². The van der Waals surface area contributed by atoms with Crippen molar-refractivity contribution < 1.29 is 19.4 Å². The summed E-state index contributed by atoms with van der Waals surface area (Å²) in [5.41, 5.74) is 1.06. The number of hydrogen-bond donors (Lipinski definition) is 1. The lowest BCUT2D eigenvalue weighted by Crippen LogP contribution is -2.23. The Morgan fingerprint density at radius 3 is 2.48 bits per heavy atom. The summed E-state index contributed by atoms with van der Waals surface area (Å²) in [7, 11) is 0. The maximum absolute atomic E-state index is 11.6. The Labute approximate surface area is 139 Å². The van der Waals surface area contributed by atoms with Crippen LogP contribution in [-0.4, -0.2) is 30.4 Å². The fourth-order valence-electron chi connectivity index (χ4n) is 2.25. The largest absolute Gasteiger partial charge is 0.463 e. The Bertz CT molecular complexity index is 405. The summed E-state index contributed by atoms with van der Waals surface area (Å²) < 4.78 is 10.5. The van der Waals surface area contributed by atoms with Gasteiger partial charge in [-0.15, -0.1) is 0 Å². The molecule has 4 heteroatoms. The number of carbonyl (C=O) groups is 1. The van der Waals surface area contributed by atoms with Gasteiger partial charge in [-0.3, -0.25) is 4.79 Å². The van der Waals surface area contributed by atoms with E-state index in [1.807, 2.05) is 30.3 Å². The molecule has 1 aromatic carbocycles. The Morgan fingerprint density at radius 2 is 1.74 bits per heavy atom. The van der Waals surface area contributed by atoms with Gasteiger partial charge in [0.2, 0.25) is 0 Å². The van der Waals surface area contributed by atoms with Gasteiger partial charge in [0.15, 0.2) is 0 Å². The van der Waals surface area contributed by atoms with Crippen LogP contribution in [0.2, 0.25) is 0 Å². The molecule has 1 N–H and O–H groups in total. The van der Waals surface area contributed by atoms with Crippen LogP contribution in [0.4, 0.5) is 0 Å². The first-order valence-electron chi connectivity index (χ1n) is 8.67. The number of ether oxygens (including phenoxy) is 2. The summed E-state index contributed by atoms with van der Waals surface area (Å²) in [6.07, 6.45) is 6.50. The molecule has 130 valence electrons. The van der Waals surface area contributed by atoms with Gasteiger partial charge in [-0.05, 0) is 12.0 Å². The monoisotopic (exact) mass is 322 g/mol. The number of esters is 1. The van der Waals surface area contributed by atoms with E-state index in [2.05, 4.69) is 6.92 Å². The predicted molar refractivity (Wildman–Crippen MR) is 91.1 cm³/mol. The Morgan fingerprint density at radius 1 is 1.04 bits per heavy atom. The molecule has 0 heterocycles. The van der Waals surface area contributed by atoms with Crippen molar-refractivity contribution in [2.75, 3.05) is 13.2 Å². The Balaban J connectivity index is 1.97. The molecule has 0 saturated carbocycles. The molecule has 1 atom stereocenters. The normalized spacial score (nSPS) is 12.1. The Kier molecular flexibility index (Phi) is 11.2. The molecule has 0 spiro atoms. The molecule has 0 aromatic heterocycles. The molecule has 0 amide bonds. The predicted octanol–water partition coefficient (Wildman–Crippen LogP) is 3.86. The SMILES string of the molecule is CCCCCCCCC(=O)OCC(O)COCc1ccccc1. The third-order valence-electron chi connectivity index (χ3n) is 3.59. The van der Waals surface area contributed by atoms with Gasteiger partial charge in [0, 0.05) is 6.42 Å². The van der Waals surface area contributed by atoms with Crippen LogP contribution in [-0.2, 0) is 20.9 Å². The molecule has 1 rings (SSSR count). The van der Waals surface area contributed by atoms with Gasteiger partial charge < -0.3 is 14.6 Å². The minimum absolute atomic E-state index is 0.00343.